The number of nitrogens with zero attached hydrogens (tertiary/aromatic N) is 2. The number of carboxylic acids is 1. The zero-order valence-corrected chi connectivity index (χ0v) is 13.7. The molecule has 0 saturated carbocycles. The monoisotopic (exact) mass is 385 g/mol. The molecule has 0 saturated heterocycles. The molecule has 0 radical (unpaired) electrons. The molecule has 0 unspecified atom stereocenters. The first-order valence-corrected chi connectivity index (χ1v) is 7.64. The normalized spacial score (nSPS) is 11.0. The predicted octanol–water partition coefficient (Wildman–Crippen LogP) is 3.63. The Bertz CT molecular complexity index is 934. The standard InChI is InChI=1S/C17H11BrN2O4/c18-12-7-3-1-5-10(12)15-20-14(17(23)24-15)9-19-13-8-4-2-6-11(13)16(21)22/h1-9,23H,(H,21,22)/p-1. The smallest absolute Gasteiger partial charge is 0.337 e. The molecule has 3 rings (SSSR count). The number of para-hydroxylation sites is 1. The van der Waals surface area contributed by atoms with E-state index in [-0.39, 0.29) is 22.8 Å². The number of benzene rings is 2. The minimum Gasteiger partial charge on any atom is -0.562 e. The van der Waals surface area contributed by atoms with E-state index < -0.39 is 11.9 Å². The second kappa shape index (κ2) is 6.67. The van der Waals surface area contributed by atoms with Gasteiger partial charge in [-0.1, -0.05) is 46.3 Å². The van der Waals surface area contributed by atoms with Crippen molar-refractivity contribution in [3.05, 3.63) is 64.3 Å². The molecule has 0 atom stereocenters. The summed E-state index contributed by atoms with van der Waals surface area (Å²) in [5, 5.41) is 21.0. The number of aliphatic imine (C=N–C) groups is 1. The molecule has 24 heavy (non-hydrogen) atoms. The Balaban J connectivity index is 1.95. The topological polar surface area (TPSA) is 98.8 Å². The van der Waals surface area contributed by atoms with Crippen molar-refractivity contribution in [1.82, 2.24) is 4.98 Å². The molecular weight excluding hydrogens is 376 g/mol. The number of aromatic nitrogens is 1. The third-order valence-electron chi connectivity index (χ3n) is 3.19. The van der Waals surface area contributed by atoms with E-state index in [1.54, 1.807) is 36.4 Å². The summed E-state index contributed by atoms with van der Waals surface area (Å²) in [5.74, 6) is -1.57. The molecule has 0 bridgehead atoms. The van der Waals surface area contributed by atoms with Crippen LogP contribution < -0.4 is 5.11 Å². The fraction of sp³-hybridized carbons (Fsp3) is 0. The van der Waals surface area contributed by atoms with Crippen LogP contribution in [0.25, 0.3) is 11.5 Å². The minimum absolute atomic E-state index is 0.000875. The number of hydrogen-bond donors (Lipinski definition) is 1. The summed E-state index contributed by atoms with van der Waals surface area (Å²) in [6, 6.07) is 13.4. The van der Waals surface area contributed by atoms with Gasteiger partial charge in [-0.2, -0.15) is 0 Å². The van der Waals surface area contributed by atoms with Gasteiger partial charge in [0.2, 0.25) is 0 Å². The maximum absolute atomic E-state index is 11.9. The van der Waals surface area contributed by atoms with Crippen LogP contribution in [0.15, 0.2) is 62.4 Å². The van der Waals surface area contributed by atoms with E-state index in [0.29, 0.717) is 5.56 Å². The summed E-state index contributed by atoms with van der Waals surface area (Å²) in [6.07, 6.45) is 1.20. The largest absolute Gasteiger partial charge is 0.562 e. The molecule has 1 heterocycles. The predicted molar refractivity (Wildman–Crippen MR) is 89.7 cm³/mol. The van der Waals surface area contributed by atoms with Gasteiger partial charge in [0.25, 0.3) is 0 Å². The third-order valence-corrected chi connectivity index (χ3v) is 3.88. The molecule has 6 nitrogen and oxygen atoms in total. The average Bonchev–Trinajstić information content (AvgIpc) is 2.94. The highest BCUT2D eigenvalue weighted by molar-refractivity contribution is 9.10. The summed E-state index contributed by atoms with van der Waals surface area (Å²) in [7, 11) is 0. The Morgan fingerprint density at radius 3 is 2.67 bits per heavy atom. The first-order valence-electron chi connectivity index (χ1n) is 6.85. The summed E-state index contributed by atoms with van der Waals surface area (Å²) in [6.45, 7) is 0. The van der Waals surface area contributed by atoms with Crippen LogP contribution >= 0.6 is 15.9 Å². The molecule has 0 aliphatic heterocycles. The number of hydrogen-bond acceptors (Lipinski definition) is 5. The Labute approximate surface area is 145 Å². The van der Waals surface area contributed by atoms with Gasteiger partial charge in [0, 0.05) is 10.0 Å². The number of aromatic carboxylic acids is 1. The Morgan fingerprint density at radius 1 is 1.21 bits per heavy atom. The molecule has 1 N–H and O–H groups in total. The van der Waals surface area contributed by atoms with Gasteiger partial charge in [0.05, 0.1) is 23.4 Å². The lowest BCUT2D eigenvalue weighted by Crippen LogP contribution is -1.97. The van der Waals surface area contributed by atoms with Crippen LogP contribution in [0.3, 0.4) is 0 Å². The number of halogens is 1. The van der Waals surface area contributed by atoms with Gasteiger partial charge in [0.1, 0.15) is 11.6 Å². The van der Waals surface area contributed by atoms with Crippen LogP contribution in [0.5, 0.6) is 5.95 Å². The van der Waals surface area contributed by atoms with Gasteiger partial charge in [-0.15, -0.1) is 0 Å². The quantitative estimate of drug-likeness (QED) is 0.691. The molecule has 0 fully saturated rings. The fourth-order valence-corrected chi connectivity index (χ4v) is 2.50. The molecule has 2 aromatic carbocycles. The fourth-order valence-electron chi connectivity index (χ4n) is 2.05. The zero-order chi connectivity index (χ0) is 17.1. The van der Waals surface area contributed by atoms with E-state index in [1.807, 2.05) is 6.07 Å². The molecule has 1 aromatic heterocycles. The van der Waals surface area contributed by atoms with Crippen molar-refractivity contribution in [1.29, 1.82) is 0 Å². The van der Waals surface area contributed by atoms with Crippen molar-refractivity contribution in [2.75, 3.05) is 0 Å². The van der Waals surface area contributed by atoms with E-state index in [4.69, 9.17) is 9.52 Å². The lowest BCUT2D eigenvalue weighted by atomic mass is 10.2. The highest BCUT2D eigenvalue weighted by atomic mass is 79.9. The number of carboxylic acid groups (broad SMARTS) is 1. The molecule has 0 amide bonds. The zero-order valence-electron chi connectivity index (χ0n) is 12.1. The summed E-state index contributed by atoms with van der Waals surface area (Å²) < 4.78 is 5.89. The minimum atomic E-state index is -1.10. The van der Waals surface area contributed by atoms with Gasteiger partial charge in [-0.05, 0) is 18.2 Å². The first-order chi connectivity index (χ1) is 11.6. The lowest BCUT2D eigenvalue weighted by Gasteiger charge is -2.02. The van der Waals surface area contributed by atoms with Crippen LogP contribution in [0.1, 0.15) is 16.1 Å². The van der Waals surface area contributed by atoms with Gasteiger partial charge in [-0.3, -0.25) is 4.99 Å². The molecule has 0 aliphatic rings. The molecule has 0 spiro atoms. The van der Waals surface area contributed by atoms with Gasteiger partial charge >= 0.3 is 5.97 Å². The van der Waals surface area contributed by atoms with Gasteiger partial charge in [0.15, 0.2) is 0 Å². The van der Waals surface area contributed by atoms with Crippen LogP contribution in [0.4, 0.5) is 5.69 Å². The highest BCUT2D eigenvalue weighted by Crippen LogP contribution is 2.30. The van der Waals surface area contributed by atoms with Crippen molar-refractivity contribution in [2.24, 2.45) is 4.99 Å². The van der Waals surface area contributed by atoms with Crippen LogP contribution in [0, 0.1) is 0 Å². The van der Waals surface area contributed by atoms with Crippen LogP contribution in [-0.2, 0) is 0 Å². The number of rotatable bonds is 4. The van der Waals surface area contributed by atoms with Gasteiger partial charge < -0.3 is 14.6 Å². The van der Waals surface area contributed by atoms with E-state index >= 15 is 0 Å². The molecule has 7 heteroatoms. The van der Waals surface area contributed by atoms with E-state index in [1.165, 1.54) is 12.3 Å². The molecule has 120 valence electrons. The Hall–Kier alpha value is -2.93. The van der Waals surface area contributed by atoms with Crippen LogP contribution in [-0.4, -0.2) is 22.3 Å². The molecule has 3 aromatic rings. The van der Waals surface area contributed by atoms with E-state index in [2.05, 4.69) is 25.9 Å². The maximum Gasteiger partial charge on any atom is 0.337 e. The van der Waals surface area contributed by atoms with Crippen molar-refractivity contribution >= 4 is 33.8 Å². The second-order valence-electron chi connectivity index (χ2n) is 4.75. The SMILES string of the molecule is O=C(O)c1ccccc1N=Cc1nc(-c2ccccc2Br)oc1[O-]. The Morgan fingerprint density at radius 2 is 1.92 bits per heavy atom. The average molecular weight is 386 g/mol. The van der Waals surface area contributed by atoms with Crippen molar-refractivity contribution in [3.8, 4) is 17.4 Å². The van der Waals surface area contributed by atoms with Crippen LogP contribution in [0.2, 0.25) is 0 Å². The van der Waals surface area contributed by atoms with E-state index in [9.17, 15) is 9.90 Å². The third kappa shape index (κ3) is 3.21. The highest BCUT2D eigenvalue weighted by Gasteiger charge is 2.09. The second-order valence-corrected chi connectivity index (χ2v) is 5.61. The molecular formula is C17H10BrN2O4-. The number of oxazole rings is 1. The maximum atomic E-state index is 11.9. The summed E-state index contributed by atoms with van der Waals surface area (Å²) in [5.41, 5.74) is 0.909. The summed E-state index contributed by atoms with van der Waals surface area (Å²) in [4.78, 5) is 19.3. The van der Waals surface area contributed by atoms with E-state index in [0.717, 1.165) is 4.47 Å². The number of carbonyl (C=O) groups is 1. The van der Waals surface area contributed by atoms with Crippen molar-refractivity contribution < 1.29 is 19.4 Å². The Kier molecular flexibility index (Phi) is 4.43. The van der Waals surface area contributed by atoms with Crippen molar-refractivity contribution in [3.63, 3.8) is 0 Å². The lowest BCUT2D eigenvalue weighted by molar-refractivity contribution is -0.293. The first kappa shape index (κ1) is 15.9. The summed E-state index contributed by atoms with van der Waals surface area (Å²) >= 11 is 3.37. The van der Waals surface area contributed by atoms with Crippen molar-refractivity contribution in [2.45, 2.75) is 0 Å². The van der Waals surface area contributed by atoms with Gasteiger partial charge in [-0.25, -0.2) is 9.78 Å². The molecule has 0 aliphatic carbocycles.